The lowest BCUT2D eigenvalue weighted by Crippen LogP contribution is -2.36. The van der Waals surface area contributed by atoms with Gasteiger partial charge in [0.05, 0.1) is 23.2 Å². The minimum Gasteiger partial charge on any atom is -0.332 e. The Hall–Kier alpha value is -3.33. The van der Waals surface area contributed by atoms with Crippen molar-refractivity contribution in [3.05, 3.63) is 82.5 Å². The van der Waals surface area contributed by atoms with Crippen molar-refractivity contribution in [2.45, 2.75) is 24.6 Å². The van der Waals surface area contributed by atoms with Crippen LogP contribution >= 0.6 is 0 Å². The van der Waals surface area contributed by atoms with Crippen molar-refractivity contribution in [2.75, 3.05) is 12.3 Å². The third-order valence-electron chi connectivity index (χ3n) is 5.15. The van der Waals surface area contributed by atoms with E-state index in [-0.39, 0.29) is 11.3 Å². The fourth-order valence-corrected chi connectivity index (χ4v) is 5.12. The van der Waals surface area contributed by atoms with Gasteiger partial charge in [-0.3, -0.25) is 14.6 Å². The van der Waals surface area contributed by atoms with Gasteiger partial charge < -0.3 is 9.88 Å². The first-order valence-electron chi connectivity index (χ1n) is 9.98. The summed E-state index contributed by atoms with van der Waals surface area (Å²) in [5, 5.41) is 0. The van der Waals surface area contributed by atoms with Crippen molar-refractivity contribution >= 4 is 15.7 Å². The minimum absolute atomic E-state index is 0.192. The Bertz CT molecular complexity index is 1230. The maximum atomic E-state index is 12.9. The Morgan fingerprint density at radius 1 is 1.10 bits per heavy atom. The number of hydrogen-bond acceptors (Lipinski definition) is 6. The number of nitrogens with zero attached hydrogens (tertiary/aromatic N) is 3. The summed E-state index contributed by atoms with van der Waals surface area (Å²) in [5.74, 6) is -0.908. The number of nitrogens with one attached hydrogen (secondary N) is 1. The van der Waals surface area contributed by atoms with Gasteiger partial charge in [0.1, 0.15) is 11.6 Å². The van der Waals surface area contributed by atoms with E-state index in [1.165, 1.54) is 11.0 Å². The van der Waals surface area contributed by atoms with Gasteiger partial charge in [-0.1, -0.05) is 36.4 Å². The van der Waals surface area contributed by atoms with E-state index < -0.39 is 27.5 Å². The highest BCUT2D eigenvalue weighted by atomic mass is 32.2. The molecule has 0 radical (unpaired) electrons. The molecule has 1 aliphatic heterocycles. The third-order valence-corrected chi connectivity index (χ3v) is 6.61. The SMILES string of the molecule is O=C(CS(=O)(=O)Cc1ccccc1)N1CCC[C@@H]1c1nc(-c2ccccn2)cc(=O)[nH]1. The lowest BCUT2D eigenvalue weighted by molar-refractivity contribution is -0.129. The monoisotopic (exact) mass is 438 g/mol. The Balaban J connectivity index is 1.55. The molecule has 0 unspecified atom stereocenters. The fourth-order valence-electron chi connectivity index (χ4n) is 3.78. The van der Waals surface area contributed by atoms with Crippen molar-refractivity contribution in [2.24, 2.45) is 0 Å². The van der Waals surface area contributed by atoms with Gasteiger partial charge in [0.15, 0.2) is 9.84 Å². The highest BCUT2D eigenvalue weighted by Crippen LogP contribution is 2.30. The molecular weight excluding hydrogens is 416 g/mol. The largest absolute Gasteiger partial charge is 0.332 e. The van der Waals surface area contributed by atoms with Crippen LogP contribution in [0.3, 0.4) is 0 Å². The van der Waals surface area contributed by atoms with Crippen LogP contribution in [0, 0.1) is 0 Å². The zero-order chi connectivity index (χ0) is 21.8. The maximum Gasteiger partial charge on any atom is 0.251 e. The molecule has 1 saturated heterocycles. The summed E-state index contributed by atoms with van der Waals surface area (Å²) in [6.45, 7) is 0.419. The number of benzene rings is 1. The number of pyridine rings is 1. The Labute approximate surface area is 179 Å². The number of rotatable bonds is 6. The van der Waals surface area contributed by atoms with Gasteiger partial charge >= 0.3 is 0 Å². The second-order valence-corrected chi connectivity index (χ2v) is 9.56. The molecule has 2 aromatic heterocycles. The van der Waals surface area contributed by atoms with E-state index in [1.807, 2.05) is 6.07 Å². The number of likely N-dealkylation sites (tertiary alicyclic amines) is 1. The van der Waals surface area contributed by atoms with E-state index >= 15 is 0 Å². The molecule has 1 amide bonds. The molecule has 3 heterocycles. The first-order valence-corrected chi connectivity index (χ1v) is 11.8. The van der Waals surface area contributed by atoms with Gasteiger partial charge in [-0.05, 0) is 30.5 Å². The number of carbonyl (C=O) groups excluding carboxylic acids is 1. The van der Waals surface area contributed by atoms with E-state index in [4.69, 9.17) is 0 Å². The molecule has 1 atom stereocenters. The Morgan fingerprint density at radius 2 is 1.87 bits per heavy atom. The van der Waals surface area contributed by atoms with Crippen LogP contribution < -0.4 is 5.56 Å². The van der Waals surface area contributed by atoms with E-state index in [1.54, 1.807) is 48.7 Å². The molecule has 1 N–H and O–H groups in total. The second-order valence-electron chi connectivity index (χ2n) is 7.49. The topological polar surface area (TPSA) is 113 Å². The predicted molar refractivity (Wildman–Crippen MR) is 116 cm³/mol. The van der Waals surface area contributed by atoms with E-state index in [9.17, 15) is 18.0 Å². The normalized spacial score (nSPS) is 16.4. The van der Waals surface area contributed by atoms with E-state index in [0.717, 1.165) is 0 Å². The molecule has 0 bridgehead atoms. The smallest absolute Gasteiger partial charge is 0.251 e. The number of H-pyrrole nitrogens is 1. The number of carbonyl (C=O) groups is 1. The zero-order valence-electron chi connectivity index (χ0n) is 16.8. The predicted octanol–water partition coefficient (Wildman–Crippen LogP) is 2.11. The molecule has 1 aliphatic rings. The molecule has 8 nitrogen and oxygen atoms in total. The lowest BCUT2D eigenvalue weighted by Gasteiger charge is -2.24. The summed E-state index contributed by atoms with van der Waals surface area (Å²) in [7, 11) is -3.63. The molecule has 0 saturated carbocycles. The van der Waals surface area contributed by atoms with Crippen LogP contribution in [0.5, 0.6) is 0 Å². The van der Waals surface area contributed by atoms with Crippen molar-refractivity contribution in [3.8, 4) is 11.4 Å². The quantitative estimate of drug-likeness (QED) is 0.631. The first-order chi connectivity index (χ1) is 14.9. The minimum atomic E-state index is -3.63. The first kappa shape index (κ1) is 20.9. The van der Waals surface area contributed by atoms with Crippen LogP contribution in [0.15, 0.2) is 65.6 Å². The molecule has 0 aliphatic carbocycles. The van der Waals surface area contributed by atoms with Crippen LogP contribution in [-0.2, 0) is 20.4 Å². The molecule has 9 heteroatoms. The second kappa shape index (κ2) is 8.81. The van der Waals surface area contributed by atoms with Gasteiger partial charge in [-0.15, -0.1) is 0 Å². The van der Waals surface area contributed by atoms with Crippen molar-refractivity contribution in [1.82, 2.24) is 19.9 Å². The van der Waals surface area contributed by atoms with Crippen LogP contribution in [-0.4, -0.2) is 46.5 Å². The summed E-state index contributed by atoms with van der Waals surface area (Å²) in [5.41, 5.74) is 1.26. The number of amides is 1. The van der Waals surface area contributed by atoms with E-state index in [2.05, 4.69) is 15.0 Å². The zero-order valence-corrected chi connectivity index (χ0v) is 17.6. The van der Waals surface area contributed by atoms with Gasteiger partial charge in [0.25, 0.3) is 5.56 Å². The van der Waals surface area contributed by atoms with E-state index in [0.29, 0.717) is 42.2 Å². The fraction of sp³-hybridized carbons (Fsp3) is 0.273. The summed E-state index contributed by atoms with van der Waals surface area (Å²) >= 11 is 0. The lowest BCUT2D eigenvalue weighted by atomic mass is 10.2. The molecule has 0 spiro atoms. The van der Waals surface area contributed by atoms with Gasteiger partial charge in [-0.2, -0.15) is 0 Å². The number of aromatic amines is 1. The van der Waals surface area contributed by atoms with Gasteiger partial charge in [0, 0.05) is 18.8 Å². The molecule has 1 fully saturated rings. The van der Waals surface area contributed by atoms with Gasteiger partial charge in [0.2, 0.25) is 5.91 Å². The maximum absolute atomic E-state index is 12.9. The molecule has 4 rings (SSSR count). The van der Waals surface area contributed by atoms with Crippen LogP contribution in [0.4, 0.5) is 0 Å². The third kappa shape index (κ3) is 5.05. The standard InChI is InChI=1S/C22H22N4O4S/c27-20-13-18(17-9-4-5-11-23-17)24-22(25-20)19-10-6-12-26(19)21(28)15-31(29,30)14-16-7-2-1-3-8-16/h1-5,7-9,11,13,19H,6,10,12,14-15H2,(H,24,25,27)/t19-/m1/s1. The van der Waals surface area contributed by atoms with Crippen LogP contribution in [0.1, 0.15) is 30.3 Å². The summed E-state index contributed by atoms with van der Waals surface area (Å²) < 4.78 is 25.1. The molecule has 3 aromatic rings. The molecule has 1 aromatic carbocycles. The Morgan fingerprint density at radius 3 is 2.61 bits per heavy atom. The van der Waals surface area contributed by atoms with Crippen LogP contribution in [0.25, 0.3) is 11.4 Å². The van der Waals surface area contributed by atoms with Crippen molar-refractivity contribution < 1.29 is 13.2 Å². The highest BCUT2D eigenvalue weighted by Gasteiger charge is 2.34. The number of aromatic nitrogens is 3. The molecule has 160 valence electrons. The highest BCUT2D eigenvalue weighted by molar-refractivity contribution is 7.91. The molecule has 31 heavy (non-hydrogen) atoms. The summed E-state index contributed by atoms with van der Waals surface area (Å²) in [4.78, 5) is 38.1. The summed E-state index contributed by atoms with van der Waals surface area (Å²) in [6.07, 6.45) is 2.91. The van der Waals surface area contributed by atoms with Crippen LogP contribution in [0.2, 0.25) is 0 Å². The van der Waals surface area contributed by atoms with Crippen molar-refractivity contribution in [3.63, 3.8) is 0 Å². The average Bonchev–Trinajstić information content (AvgIpc) is 3.24. The summed E-state index contributed by atoms with van der Waals surface area (Å²) in [6, 6.07) is 15.0. The number of hydrogen-bond donors (Lipinski definition) is 1. The van der Waals surface area contributed by atoms with Gasteiger partial charge in [-0.25, -0.2) is 13.4 Å². The number of sulfone groups is 1. The Kier molecular flexibility index (Phi) is 5.94. The average molecular weight is 439 g/mol. The molecular formula is C22H22N4O4S. The van der Waals surface area contributed by atoms with Crippen molar-refractivity contribution in [1.29, 1.82) is 0 Å².